The second kappa shape index (κ2) is 8.86. The van der Waals surface area contributed by atoms with E-state index in [-0.39, 0.29) is 30.7 Å². The van der Waals surface area contributed by atoms with Crippen molar-refractivity contribution >= 4 is 29.1 Å². The van der Waals surface area contributed by atoms with Crippen LogP contribution in [0, 0.1) is 12.8 Å². The summed E-state index contributed by atoms with van der Waals surface area (Å²) in [6.45, 7) is 2.05. The fourth-order valence-corrected chi connectivity index (χ4v) is 3.45. The second-order valence-corrected chi connectivity index (χ2v) is 7.04. The number of carbonyl (C=O) groups excluding carboxylic acids is 3. The Labute approximate surface area is 175 Å². The standard InChI is InChI=1S/C22H25N3O5/c1-13-9-14(21(27)23-2)5-7-17(13)24-22(28)15-10-20(26)25(12-15)18-11-16(29-3)6-8-19(18)30-4/h5-9,11,15H,10,12H2,1-4H3,(H,23,27)(H,24,28). The summed E-state index contributed by atoms with van der Waals surface area (Å²) in [5.41, 5.74) is 2.46. The summed E-state index contributed by atoms with van der Waals surface area (Å²) >= 11 is 0. The van der Waals surface area contributed by atoms with Gasteiger partial charge in [0.05, 0.1) is 25.8 Å². The molecule has 1 atom stereocenters. The normalized spacial score (nSPS) is 15.7. The highest BCUT2D eigenvalue weighted by atomic mass is 16.5. The minimum absolute atomic E-state index is 0.0988. The Morgan fingerprint density at radius 2 is 1.87 bits per heavy atom. The number of aryl methyl sites for hydroxylation is 1. The molecule has 1 unspecified atom stereocenters. The van der Waals surface area contributed by atoms with Gasteiger partial charge in [-0.1, -0.05) is 0 Å². The van der Waals surface area contributed by atoms with Crippen LogP contribution in [-0.2, 0) is 9.59 Å². The number of nitrogens with one attached hydrogen (secondary N) is 2. The molecular formula is C22H25N3O5. The molecule has 0 bridgehead atoms. The third kappa shape index (κ3) is 4.22. The molecule has 2 aromatic rings. The van der Waals surface area contributed by atoms with Gasteiger partial charge in [0.2, 0.25) is 11.8 Å². The Kier molecular flexibility index (Phi) is 6.25. The van der Waals surface area contributed by atoms with Gasteiger partial charge in [0.25, 0.3) is 5.91 Å². The molecule has 30 heavy (non-hydrogen) atoms. The second-order valence-electron chi connectivity index (χ2n) is 7.04. The van der Waals surface area contributed by atoms with Crippen LogP contribution in [0.3, 0.4) is 0 Å². The van der Waals surface area contributed by atoms with E-state index in [1.807, 2.05) is 6.92 Å². The summed E-state index contributed by atoms with van der Waals surface area (Å²) in [7, 11) is 4.64. The molecule has 0 aliphatic carbocycles. The molecule has 0 saturated carbocycles. The molecule has 0 spiro atoms. The molecule has 1 saturated heterocycles. The fourth-order valence-electron chi connectivity index (χ4n) is 3.45. The lowest BCUT2D eigenvalue weighted by Crippen LogP contribution is -2.28. The van der Waals surface area contributed by atoms with Crippen LogP contribution in [0.25, 0.3) is 0 Å². The molecule has 1 heterocycles. The SMILES string of the molecule is CNC(=O)c1ccc(NC(=O)C2CC(=O)N(c3cc(OC)ccc3OC)C2)c(C)c1. The van der Waals surface area contributed by atoms with E-state index in [2.05, 4.69) is 10.6 Å². The van der Waals surface area contributed by atoms with Crippen molar-refractivity contribution in [3.05, 3.63) is 47.5 Å². The predicted octanol–water partition coefficient (Wildman–Crippen LogP) is 2.36. The van der Waals surface area contributed by atoms with Gasteiger partial charge >= 0.3 is 0 Å². The number of amides is 3. The molecule has 2 N–H and O–H groups in total. The Morgan fingerprint density at radius 3 is 2.50 bits per heavy atom. The number of carbonyl (C=O) groups is 3. The fraction of sp³-hybridized carbons (Fsp3) is 0.318. The van der Waals surface area contributed by atoms with Crippen molar-refractivity contribution in [2.24, 2.45) is 5.92 Å². The Morgan fingerprint density at radius 1 is 1.10 bits per heavy atom. The zero-order chi connectivity index (χ0) is 21.8. The molecule has 3 rings (SSSR count). The van der Waals surface area contributed by atoms with Crippen molar-refractivity contribution in [2.45, 2.75) is 13.3 Å². The van der Waals surface area contributed by atoms with Crippen LogP contribution in [0.4, 0.5) is 11.4 Å². The lowest BCUT2D eigenvalue weighted by molar-refractivity contribution is -0.122. The zero-order valence-electron chi connectivity index (χ0n) is 17.4. The largest absolute Gasteiger partial charge is 0.497 e. The van der Waals surface area contributed by atoms with Crippen molar-refractivity contribution in [2.75, 3.05) is 38.0 Å². The molecule has 0 aromatic heterocycles. The Bertz CT molecular complexity index is 989. The van der Waals surface area contributed by atoms with Gasteiger partial charge in [-0.15, -0.1) is 0 Å². The van der Waals surface area contributed by atoms with Gasteiger partial charge in [-0.25, -0.2) is 0 Å². The smallest absolute Gasteiger partial charge is 0.251 e. The summed E-state index contributed by atoms with van der Waals surface area (Å²) in [6.07, 6.45) is 0.0988. The quantitative estimate of drug-likeness (QED) is 0.761. The van der Waals surface area contributed by atoms with Crippen LogP contribution >= 0.6 is 0 Å². The van der Waals surface area contributed by atoms with Gasteiger partial charge < -0.3 is 25.0 Å². The van der Waals surface area contributed by atoms with E-state index in [9.17, 15) is 14.4 Å². The molecule has 158 valence electrons. The first-order chi connectivity index (χ1) is 14.4. The van der Waals surface area contributed by atoms with Crippen LogP contribution < -0.4 is 25.0 Å². The van der Waals surface area contributed by atoms with E-state index in [4.69, 9.17) is 9.47 Å². The van der Waals surface area contributed by atoms with Crippen molar-refractivity contribution in [1.82, 2.24) is 5.32 Å². The monoisotopic (exact) mass is 411 g/mol. The maximum Gasteiger partial charge on any atom is 0.251 e. The summed E-state index contributed by atoms with van der Waals surface area (Å²) < 4.78 is 10.6. The van der Waals surface area contributed by atoms with Crippen LogP contribution in [0.15, 0.2) is 36.4 Å². The molecule has 1 fully saturated rings. The highest BCUT2D eigenvalue weighted by Gasteiger charge is 2.36. The van der Waals surface area contributed by atoms with E-state index in [1.54, 1.807) is 55.5 Å². The van der Waals surface area contributed by atoms with Crippen molar-refractivity contribution in [3.63, 3.8) is 0 Å². The van der Waals surface area contributed by atoms with Crippen LogP contribution in [-0.4, -0.2) is 45.5 Å². The Balaban J connectivity index is 1.75. The molecule has 8 heteroatoms. The number of ether oxygens (including phenoxy) is 2. The highest BCUT2D eigenvalue weighted by molar-refractivity contribution is 6.04. The number of nitrogens with zero attached hydrogens (tertiary/aromatic N) is 1. The van der Waals surface area contributed by atoms with Crippen molar-refractivity contribution in [3.8, 4) is 11.5 Å². The molecule has 1 aliphatic rings. The minimum Gasteiger partial charge on any atom is -0.497 e. The Hall–Kier alpha value is -3.55. The third-order valence-corrected chi connectivity index (χ3v) is 5.15. The number of methoxy groups -OCH3 is 2. The predicted molar refractivity (Wildman–Crippen MR) is 113 cm³/mol. The summed E-state index contributed by atoms with van der Waals surface area (Å²) in [6, 6.07) is 10.2. The van der Waals surface area contributed by atoms with Crippen LogP contribution in [0.1, 0.15) is 22.3 Å². The molecule has 8 nitrogen and oxygen atoms in total. The van der Waals surface area contributed by atoms with E-state index in [1.165, 1.54) is 7.11 Å². The van der Waals surface area contributed by atoms with E-state index in [0.29, 0.717) is 28.4 Å². The molecular weight excluding hydrogens is 386 g/mol. The average Bonchev–Trinajstić information content (AvgIpc) is 3.15. The lowest BCUT2D eigenvalue weighted by Gasteiger charge is -2.20. The van der Waals surface area contributed by atoms with E-state index in [0.717, 1.165) is 5.56 Å². The highest BCUT2D eigenvalue weighted by Crippen LogP contribution is 2.36. The van der Waals surface area contributed by atoms with Gasteiger partial charge in [-0.2, -0.15) is 0 Å². The maximum atomic E-state index is 12.8. The first-order valence-corrected chi connectivity index (χ1v) is 9.54. The summed E-state index contributed by atoms with van der Waals surface area (Å²) in [5, 5.41) is 5.44. The van der Waals surface area contributed by atoms with Crippen LogP contribution in [0.5, 0.6) is 11.5 Å². The molecule has 1 aliphatic heterocycles. The van der Waals surface area contributed by atoms with Gasteiger partial charge in [-0.3, -0.25) is 14.4 Å². The summed E-state index contributed by atoms with van der Waals surface area (Å²) in [5.74, 6) is 0.0211. The molecule has 3 amide bonds. The van der Waals surface area contributed by atoms with Gasteiger partial charge in [0, 0.05) is 37.3 Å². The number of benzene rings is 2. The van der Waals surface area contributed by atoms with Crippen molar-refractivity contribution < 1.29 is 23.9 Å². The van der Waals surface area contributed by atoms with Crippen molar-refractivity contribution in [1.29, 1.82) is 0 Å². The number of hydrogen-bond acceptors (Lipinski definition) is 5. The van der Waals surface area contributed by atoms with Gasteiger partial charge in [-0.05, 0) is 42.8 Å². The molecule has 2 aromatic carbocycles. The number of rotatable bonds is 6. The number of hydrogen-bond donors (Lipinski definition) is 2. The topological polar surface area (TPSA) is 97.0 Å². The van der Waals surface area contributed by atoms with Gasteiger partial charge in [0.1, 0.15) is 11.5 Å². The summed E-state index contributed by atoms with van der Waals surface area (Å²) in [4.78, 5) is 38.8. The molecule has 0 radical (unpaired) electrons. The first kappa shape index (κ1) is 21.2. The third-order valence-electron chi connectivity index (χ3n) is 5.15. The van der Waals surface area contributed by atoms with E-state index < -0.39 is 5.92 Å². The average molecular weight is 411 g/mol. The van der Waals surface area contributed by atoms with Gasteiger partial charge in [0.15, 0.2) is 0 Å². The minimum atomic E-state index is -0.508. The lowest BCUT2D eigenvalue weighted by atomic mass is 10.1. The first-order valence-electron chi connectivity index (χ1n) is 9.54. The van der Waals surface area contributed by atoms with E-state index >= 15 is 0 Å². The zero-order valence-corrected chi connectivity index (χ0v) is 17.4. The number of anilines is 2. The van der Waals surface area contributed by atoms with Crippen LogP contribution in [0.2, 0.25) is 0 Å². The maximum absolute atomic E-state index is 12.8.